The monoisotopic (exact) mass is 434 g/mol. The first kappa shape index (κ1) is 21.4. The molecule has 5 rings (SSSR count). The van der Waals surface area contributed by atoms with Gasteiger partial charge in [-0.1, -0.05) is 18.6 Å². The van der Waals surface area contributed by atoms with Gasteiger partial charge in [-0.15, -0.1) is 0 Å². The van der Waals surface area contributed by atoms with Gasteiger partial charge < -0.3 is 19.7 Å². The molecule has 3 saturated carbocycles. The highest BCUT2D eigenvalue weighted by Gasteiger charge is 2.79. The second kappa shape index (κ2) is 6.13. The average molecular weight is 435 g/mol. The van der Waals surface area contributed by atoms with Crippen molar-refractivity contribution in [2.24, 2.45) is 22.7 Å². The zero-order chi connectivity index (χ0) is 22.6. The highest BCUT2D eigenvalue weighted by Crippen LogP contribution is 2.72. The summed E-state index contributed by atoms with van der Waals surface area (Å²) in [6, 6.07) is 0. The molecule has 1 heterocycles. The Morgan fingerprint density at radius 1 is 1.26 bits per heavy atom. The molecule has 2 unspecified atom stereocenters. The van der Waals surface area contributed by atoms with Crippen LogP contribution in [0.1, 0.15) is 53.4 Å². The molecule has 2 N–H and O–H groups in total. The number of carbonyl (C=O) groups excluding carboxylic acids is 2. The molecule has 1 saturated heterocycles. The van der Waals surface area contributed by atoms with Gasteiger partial charge in [0.25, 0.3) is 0 Å². The van der Waals surface area contributed by atoms with Gasteiger partial charge >= 0.3 is 0 Å². The van der Waals surface area contributed by atoms with Gasteiger partial charge in [-0.25, -0.2) is 4.39 Å². The van der Waals surface area contributed by atoms with Crippen LogP contribution in [0.15, 0.2) is 23.8 Å². The standard InChI is InChI=1S/C24H31FO6/c1-20(2)30-19-10-16-15-6-5-13-9-14(27)7-8-21(13,3)23(15,25)17(28)11-22(16,4)24(19,31-20)18(29)12-26/h7-9,15-17,19,26,28H,5-6,10-12H2,1-4H3/t15-,16-,17?,19+,21-,22-,23?,24+/m0/s1. The normalized spacial score (nSPS) is 52.1. The van der Waals surface area contributed by atoms with Gasteiger partial charge in [0.15, 0.2) is 28.6 Å². The molecule has 0 aromatic rings. The van der Waals surface area contributed by atoms with Gasteiger partial charge in [0, 0.05) is 16.7 Å². The van der Waals surface area contributed by atoms with Crippen LogP contribution < -0.4 is 0 Å². The molecule has 1 aliphatic heterocycles. The van der Waals surface area contributed by atoms with Crippen LogP contribution in [-0.2, 0) is 19.1 Å². The molecular weight excluding hydrogens is 403 g/mol. The van der Waals surface area contributed by atoms with Crippen LogP contribution >= 0.6 is 0 Å². The first-order valence-electron chi connectivity index (χ1n) is 11.2. The highest BCUT2D eigenvalue weighted by molar-refractivity contribution is 6.01. The summed E-state index contributed by atoms with van der Waals surface area (Å²) in [6.07, 6.45) is 4.00. The number of ether oxygens (including phenoxy) is 2. The molecule has 5 aliphatic rings. The summed E-state index contributed by atoms with van der Waals surface area (Å²) in [5, 5.41) is 21.2. The average Bonchev–Trinajstić information content (AvgIpc) is 3.09. The molecule has 0 amide bonds. The molecule has 0 bridgehead atoms. The maximum atomic E-state index is 17.1. The minimum Gasteiger partial charge on any atom is -0.390 e. The van der Waals surface area contributed by atoms with E-state index < -0.39 is 58.4 Å². The quantitative estimate of drug-likeness (QED) is 0.694. The molecule has 0 radical (unpaired) electrons. The zero-order valence-electron chi connectivity index (χ0n) is 18.5. The fraction of sp³-hybridized carbons (Fsp3) is 0.750. The number of rotatable bonds is 2. The maximum absolute atomic E-state index is 17.1. The van der Waals surface area contributed by atoms with E-state index in [0.717, 1.165) is 5.57 Å². The van der Waals surface area contributed by atoms with Gasteiger partial charge in [0.1, 0.15) is 6.61 Å². The molecule has 4 aliphatic carbocycles. The number of alkyl halides is 1. The lowest BCUT2D eigenvalue weighted by atomic mass is 9.44. The van der Waals surface area contributed by atoms with Crippen molar-refractivity contribution in [2.45, 2.75) is 82.6 Å². The Morgan fingerprint density at radius 3 is 2.65 bits per heavy atom. The minimum atomic E-state index is -1.98. The van der Waals surface area contributed by atoms with Crippen molar-refractivity contribution in [1.29, 1.82) is 0 Å². The number of allylic oxidation sites excluding steroid dienone is 4. The van der Waals surface area contributed by atoms with Crippen LogP contribution in [0.2, 0.25) is 0 Å². The third-order valence-electron chi connectivity index (χ3n) is 9.19. The van der Waals surface area contributed by atoms with E-state index >= 15 is 4.39 Å². The Balaban J connectivity index is 1.64. The smallest absolute Gasteiger partial charge is 0.193 e. The first-order valence-corrected chi connectivity index (χ1v) is 11.2. The Morgan fingerprint density at radius 2 is 1.97 bits per heavy atom. The highest BCUT2D eigenvalue weighted by atomic mass is 19.1. The van der Waals surface area contributed by atoms with Crippen LogP contribution in [0, 0.1) is 22.7 Å². The lowest BCUT2D eigenvalue weighted by Crippen LogP contribution is -2.70. The predicted octanol–water partition coefficient (Wildman–Crippen LogP) is 2.42. The zero-order valence-corrected chi connectivity index (χ0v) is 18.5. The van der Waals surface area contributed by atoms with E-state index in [1.165, 1.54) is 12.2 Å². The number of aliphatic hydroxyl groups is 2. The lowest BCUT2D eigenvalue weighted by Gasteiger charge is -2.62. The summed E-state index contributed by atoms with van der Waals surface area (Å²) in [5.74, 6) is -2.46. The van der Waals surface area contributed by atoms with E-state index in [2.05, 4.69) is 0 Å². The Kier molecular flexibility index (Phi) is 4.24. The van der Waals surface area contributed by atoms with Gasteiger partial charge in [-0.05, 0) is 64.5 Å². The van der Waals surface area contributed by atoms with Crippen molar-refractivity contribution in [3.63, 3.8) is 0 Å². The van der Waals surface area contributed by atoms with Crippen molar-refractivity contribution in [1.82, 2.24) is 0 Å². The third kappa shape index (κ3) is 2.31. The van der Waals surface area contributed by atoms with Crippen molar-refractivity contribution in [2.75, 3.05) is 6.61 Å². The molecule has 0 aromatic carbocycles. The number of hydrogen-bond donors (Lipinski definition) is 2. The number of carbonyl (C=O) groups is 2. The van der Waals surface area contributed by atoms with E-state index in [9.17, 15) is 19.8 Å². The lowest BCUT2D eigenvalue weighted by molar-refractivity contribution is -0.246. The van der Waals surface area contributed by atoms with Gasteiger partial charge in [0.2, 0.25) is 0 Å². The summed E-state index contributed by atoms with van der Waals surface area (Å²) >= 11 is 0. The predicted molar refractivity (Wildman–Crippen MR) is 109 cm³/mol. The van der Waals surface area contributed by atoms with Crippen LogP contribution in [-0.4, -0.2) is 57.7 Å². The van der Waals surface area contributed by atoms with Gasteiger partial charge in [-0.2, -0.15) is 0 Å². The van der Waals surface area contributed by atoms with Crippen LogP contribution in [0.5, 0.6) is 0 Å². The van der Waals surface area contributed by atoms with E-state index in [0.29, 0.717) is 19.3 Å². The summed E-state index contributed by atoms with van der Waals surface area (Å²) in [7, 11) is 0. The molecule has 0 spiro atoms. The first-order chi connectivity index (χ1) is 14.4. The molecule has 31 heavy (non-hydrogen) atoms. The topological polar surface area (TPSA) is 93.1 Å². The van der Waals surface area contributed by atoms with E-state index in [1.807, 2.05) is 6.92 Å². The Bertz CT molecular complexity index is 925. The molecule has 6 nitrogen and oxygen atoms in total. The van der Waals surface area contributed by atoms with Crippen LogP contribution in [0.4, 0.5) is 4.39 Å². The number of hydrogen-bond acceptors (Lipinski definition) is 6. The van der Waals surface area contributed by atoms with Crippen molar-refractivity contribution >= 4 is 11.6 Å². The summed E-state index contributed by atoms with van der Waals surface area (Å²) in [6.45, 7) is 6.41. The minimum absolute atomic E-state index is 0.0109. The molecule has 170 valence electrons. The fourth-order valence-corrected chi connectivity index (χ4v) is 7.93. The van der Waals surface area contributed by atoms with Gasteiger partial charge in [-0.3, -0.25) is 9.59 Å². The van der Waals surface area contributed by atoms with Gasteiger partial charge in [0.05, 0.1) is 12.2 Å². The molecular formula is C24H31FO6. The number of halogens is 1. The molecule has 8 atom stereocenters. The van der Waals surface area contributed by atoms with E-state index in [1.54, 1.807) is 26.8 Å². The Hall–Kier alpha value is -1.41. The van der Waals surface area contributed by atoms with E-state index in [-0.39, 0.29) is 18.1 Å². The second-order valence-electron chi connectivity index (χ2n) is 10.9. The summed E-state index contributed by atoms with van der Waals surface area (Å²) in [4.78, 5) is 25.1. The number of ketones is 2. The van der Waals surface area contributed by atoms with Crippen LogP contribution in [0.3, 0.4) is 0 Å². The maximum Gasteiger partial charge on any atom is 0.193 e. The van der Waals surface area contributed by atoms with Crippen molar-refractivity contribution in [3.8, 4) is 0 Å². The largest absolute Gasteiger partial charge is 0.390 e. The number of fused-ring (bicyclic) bond motifs is 7. The summed E-state index contributed by atoms with van der Waals surface area (Å²) in [5.41, 5.74) is -4.66. The molecule has 7 heteroatoms. The van der Waals surface area contributed by atoms with Crippen molar-refractivity contribution < 1.29 is 33.7 Å². The molecule has 4 fully saturated rings. The number of aliphatic hydroxyl groups excluding tert-OH is 2. The third-order valence-corrected chi connectivity index (χ3v) is 9.19. The SMILES string of the molecule is CC1(C)O[C@@H]2C[C@H]3[C@@H]4CCC5=CC(=O)C=C[C@]5(C)C4(F)C(O)C[C@]3(C)[C@]2(C(=O)CO)O1. The second-order valence-corrected chi connectivity index (χ2v) is 10.9. The summed E-state index contributed by atoms with van der Waals surface area (Å²) < 4.78 is 29.5. The fourth-order valence-electron chi connectivity index (χ4n) is 7.93. The van der Waals surface area contributed by atoms with E-state index in [4.69, 9.17) is 9.47 Å². The number of Topliss-reactive ketones (excluding diaryl/α,β-unsaturated/α-hetero) is 1. The Labute approximate surface area is 181 Å². The van der Waals surface area contributed by atoms with Crippen molar-refractivity contribution in [3.05, 3.63) is 23.8 Å². The molecule has 0 aromatic heterocycles. The van der Waals surface area contributed by atoms with Crippen LogP contribution in [0.25, 0.3) is 0 Å².